The first-order valence-electron chi connectivity index (χ1n) is 7.10. The molecular weight excluding hydrogens is 226 g/mol. The predicted molar refractivity (Wildman–Crippen MR) is 76.3 cm³/mol. The van der Waals surface area contributed by atoms with E-state index in [1.165, 1.54) is 25.9 Å². The van der Waals surface area contributed by atoms with Crippen molar-refractivity contribution in [2.45, 2.75) is 70.6 Å². The van der Waals surface area contributed by atoms with E-state index in [9.17, 15) is 0 Å². The van der Waals surface area contributed by atoms with E-state index in [1.807, 2.05) is 0 Å². The Kier molecular flexibility index (Phi) is 5.59. The third kappa shape index (κ3) is 3.92. The van der Waals surface area contributed by atoms with E-state index in [1.54, 1.807) is 7.11 Å². The molecule has 0 radical (unpaired) electrons. The van der Waals surface area contributed by atoms with Crippen LogP contribution in [0.1, 0.15) is 53.4 Å². The van der Waals surface area contributed by atoms with Crippen LogP contribution >= 0.6 is 0 Å². The molecule has 0 aromatic rings. The first kappa shape index (κ1) is 15.9. The summed E-state index contributed by atoms with van der Waals surface area (Å²) in [5.41, 5.74) is 3.05. The molecule has 3 N–H and O–H groups in total. The molecule has 0 aliphatic carbocycles. The number of nitrogens with one attached hydrogen (secondary N) is 1. The molecule has 0 spiro atoms. The van der Waals surface area contributed by atoms with Crippen LogP contribution < -0.4 is 11.3 Å². The normalized spacial score (nSPS) is 20.3. The third-order valence-corrected chi connectivity index (χ3v) is 4.56. The Hall–Kier alpha value is -0.160. The largest absolute Gasteiger partial charge is 0.379 e. The molecule has 4 nitrogen and oxygen atoms in total. The minimum atomic E-state index is -0.0732. The van der Waals surface area contributed by atoms with Gasteiger partial charge in [0.1, 0.15) is 0 Å². The van der Waals surface area contributed by atoms with E-state index in [0.29, 0.717) is 6.04 Å². The fraction of sp³-hybridized carbons (Fsp3) is 1.00. The molecule has 1 heterocycles. The van der Waals surface area contributed by atoms with Crippen molar-refractivity contribution in [2.24, 2.45) is 5.84 Å². The van der Waals surface area contributed by atoms with Gasteiger partial charge in [-0.15, -0.1) is 0 Å². The smallest absolute Gasteiger partial charge is 0.0623 e. The molecule has 1 aliphatic heterocycles. The fourth-order valence-corrected chi connectivity index (χ4v) is 2.75. The molecule has 1 aliphatic rings. The molecule has 0 saturated carbocycles. The molecule has 0 aromatic carbocycles. The molecule has 1 rings (SSSR count). The van der Waals surface area contributed by atoms with Crippen LogP contribution in [0.4, 0.5) is 0 Å². The molecule has 108 valence electrons. The van der Waals surface area contributed by atoms with Crippen LogP contribution in [0.25, 0.3) is 0 Å². The molecule has 18 heavy (non-hydrogen) atoms. The average molecular weight is 257 g/mol. The quantitative estimate of drug-likeness (QED) is 0.540. The lowest BCUT2D eigenvalue weighted by Crippen LogP contribution is -2.59. The first-order chi connectivity index (χ1) is 8.33. The fourth-order valence-electron chi connectivity index (χ4n) is 2.75. The van der Waals surface area contributed by atoms with Crippen LogP contribution in [-0.2, 0) is 4.74 Å². The van der Waals surface area contributed by atoms with Gasteiger partial charge in [-0.05, 0) is 66.5 Å². The molecule has 0 bridgehead atoms. The van der Waals surface area contributed by atoms with Gasteiger partial charge in [-0.25, -0.2) is 0 Å². The standard InChI is InChI=1S/C14H31N3O/c1-13(2,18-5)9-8-12(16-15)14(3,4)17-10-6-7-11-17/h12,16H,6-11,15H2,1-5H3. The highest BCUT2D eigenvalue weighted by Crippen LogP contribution is 2.28. The minimum absolute atomic E-state index is 0.0732. The van der Waals surface area contributed by atoms with Gasteiger partial charge in [0.2, 0.25) is 0 Å². The summed E-state index contributed by atoms with van der Waals surface area (Å²) in [7, 11) is 1.77. The number of hydrogen-bond donors (Lipinski definition) is 2. The van der Waals surface area contributed by atoms with Crippen LogP contribution in [0.2, 0.25) is 0 Å². The third-order valence-electron chi connectivity index (χ3n) is 4.56. The summed E-state index contributed by atoms with van der Waals surface area (Å²) in [5, 5.41) is 0. The highest BCUT2D eigenvalue weighted by atomic mass is 16.5. The number of nitrogens with two attached hydrogens (primary N) is 1. The van der Waals surface area contributed by atoms with E-state index in [2.05, 4.69) is 38.0 Å². The number of hydrazine groups is 1. The van der Waals surface area contributed by atoms with E-state index in [4.69, 9.17) is 10.6 Å². The van der Waals surface area contributed by atoms with E-state index >= 15 is 0 Å². The Bertz CT molecular complexity index is 247. The molecule has 0 aromatic heterocycles. The van der Waals surface area contributed by atoms with Crippen LogP contribution in [0.3, 0.4) is 0 Å². The number of ether oxygens (including phenoxy) is 1. The zero-order chi connectivity index (χ0) is 13.8. The Morgan fingerprint density at radius 2 is 1.78 bits per heavy atom. The van der Waals surface area contributed by atoms with Gasteiger partial charge in [0.15, 0.2) is 0 Å². The lowest BCUT2D eigenvalue weighted by molar-refractivity contribution is 0.00457. The zero-order valence-corrected chi connectivity index (χ0v) is 12.8. The van der Waals surface area contributed by atoms with Crippen molar-refractivity contribution < 1.29 is 4.74 Å². The van der Waals surface area contributed by atoms with Crippen LogP contribution in [0, 0.1) is 0 Å². The number of hydrogen-bond acceptors (Lipinski definition) is 4. The Morgan fingerprint density at radius 1 is 1.22 bits per heavy atom. The maximum Gasteiger partial charge on any atom is 0.0623 e. The maximum atomic E-state index is 5.78. The van der Waals surface area contributed by atoms with Gasteiger partial charge in [-0.1, -0.05) is 0 Å². The average Bonchev–Trinajstić information content (AvgIpc) is 2.83. The number of likely N-dealkylation sites (tertiary alicyclic amines) is 1. The molecule has 1 atom stereocenters. The van der Waals surface area contributed by atoms with Gasteiger partial charge >= 0.3 is 0 Å². The van der Waals surface area contributed by atoms with Crippen molar-refractivity contribution in [1.29, 1.82) is 0 Å². The maximum absolute atomic E-state index is 5.78. The number of rotatable bonds is 7. The van der Waals surface area contributed by atoms with Crippen molar-refractivity contribution in [3.05, 3.63) is 0 Å². The van der Waals surface area contributed by atoms with Gasteiger partial charge in [0, 0.05) is 18.7 Å². The second kappa shape index (κ2) is 6.33. The Morgan fingerprint density at radius 3 is 2.22 bits per heavy atom. The molecule has 4 heteroatoms. The summed E-state index contributed by atoms with van der Waals surface area (Å²) in [5.74, 6) is 5.78. The van der Waals surface area contributed by atoms with Crippen LogP contribution in [0.15, 0.2) is 0 Å². The summed E-state index contributed by atoms with van der Waals surface area (Å²) in [6.07, 6.45) is 4.66. The molecule has 1 saturated heterocycles. The summed E-state index contributed by atoms with van der Waals surface area (Å²) in [4.78, 5) is 2.55. The van der Waals surface area contributed by atoms with Crippen molar-refractivity contribution in [3.63, 3.8) is 0 Å². The summed E-state index contributed by atoms with van der Waals surface area (Å²) >= 11 is 0. The van der Waals surface area contributed by atoms with E-state index in [-0.39, 0.29) is 11.1 Å². The molecule has 0 amide bonds. The van der Waals surface area contributed by atoms with Gasteiger partial charge in [-0.2, -0.15) is 0 Å². The summed E-state index contributed by atoms with van der Waals surface area (Å²) < 4.78 is 5.49. The van der Waals surface area contributed by atoms with Gasteiger partial charge in [0.05, 0.1) is 5.60 Å². The number of nitrogens with zero attached hydrogens (tertiary/aromatic N) is 1. The molecular formula is C14H31N3O. The lowest BCUT2D eigenvalue weighted by Gasteiger charge is -2.42. The van der Waals surface area contributed by atoms with Gasteiger partial charge in [0.25, 0.3) is 0 Å². The van der Waals surface area contributed by atoms with Crippen molar-refractivity contribution in [1.82, 2.24) is 10.3 Å². The van der Waals surface area contributed by atoms with E-state index in [0.717, 1.165) is 12.8 Å². The summed E-state index contributed by atoms with van der Waals surface area (Å²) in [6, 6.07) is 0.296. The topological polar surface area (TPSA) is 50.5 Å². The highest BCUT2D eigenvalue weighted by molar-refractivity contribution is 4.95. The van der Waals surface area contributed by atoms with Crippen LogP contribution in [-0.4, -0.2) is 42.3 Å². The van der Waals surface area contributed by atoms with Crippen molar-refractivity contribution in [2.75, 3.05) is 20.2 Å². The number of methoxy groups -OCH3 is 1. The SMILES string of the molecule is COC(C)(C)CCC(NN)C(C)(C)N1CCCC1. The summed E-state index contributed by atoms with van der Waals surface area (Å²) in [6.45, 7) is 11.2. The molecule has 1 unspecified atom stereocenters. The van der Waals surface area contributed by atoms with Crippen molar-refractivity contribution in [3.8, 4) is 0 Å². The monoisotopic (exact) mass is 257 g/mol. The highest BCUT2D eigenvalue weighted by Gasteiger charge is 2.36. The Balaban J connectivity index is 2.58. The van der Waals surface area contributed by atoms with Gasteiger partial charge < -0.3 is 4.74 Å². The van der Waals surface area contributed by atoms with Crippen LogP contribution in [0.5, 0.6) is 0 Å². The first-order valence-corrected chi connectivity index (χ1v) is 7.10. The zero-order valence-electron chi connectivity index (χ0n) is 12.8. The predicted octanol–water partition coefficient (Wildman–Crippen LogP) is 1.90. The van der Waals surface area contributed by atoms with Crippen molar-refractivity contribution >= 4 is 0 Å². The second-order valence-corrected chi connectivity index (χ2v) is 6.57. The van der Waals surface area contributed by atoms with Gasteiger partial charge in [-0.3, -0.25) is 16.2 Å². The minimum Gasteiger partial charge on any atom is -0.379 e. The van der Waals surface area contributed by atoms with E-state index < -0.39 is 0 Å². The Labute approximate surface area is 112 Å². The lowest BCUT2D eigenvalue weighted by atomic mass is 9.86. The molecule has 1 fully saturated rings. The second-order valence-electron chi connectivity index (χ2n) is 6.57.